The maximum Gasteiger partial charge on any atom is 0.0838 e. The molecule has 0 radical (unpaired) electrons. The number of rotatable bonds is 45. The smallest absolute Gasteiger partial charge is 0.0838 e. The monoisotopic (exact) mass is 819 g/mol. The van der Waals surface area contributed by atoms with Crippen molar-refractivity contribution in [3.8, 4) is 0 Å². The van der Waals surface area contributed by atoms with Gasteiger partial charge in [-0.05, 0) is 77.0 Å². The van der Waals surface area contributed by atoms with Gasteiger partial charge in [-0.1, -0.05) is 141 Å². The lowest BCUT2D eigenvalue weighted by Crippen LogP contribution is -2.50. The molecule has 0 spiro atoms. The summed E-state index contributed by atoms with van der Waals surface area (Å²) in [5, 5.41) is 0. The zero-order valence-electron chi connectivity index (χ0n) is 42.4. The van der Waals surface area contributed by atoms with Crippen molar-refractivity contribution in [2.75, 3.05) is 109 Å². The highest BCUT2D eigenvalue weighted by Gasteiger charge is 2.25. The van der Waals surface area contributed by atoms with Crippen LogP contribution in [0.2, 0.25) is 0 Å². The Balaban J connectivity index is 4.60. The van der Waals surface area contributed by atoms with Gasteiger partial charge in [-0.2, -0.15) is 0 Å². The molecule has 0 heterocycles. The zero-order chi connectivity index (χ0) is 43.1. The minimum Gasteiger partial charge on any atom is -0.331 e. The highest BCUT2D eigenvalue weighted by molar-refractivity contribution is 4.82. The Bertz CT molecular complexity index is 839. The van der Waals surface area contributed by atoms with Crippen LogP contribution in [0.5, 0.6) is 0 Å². The third-order valence-electron chi connectivity index (χ3n) is 13.1. The third-order valence-corrected chi connectivity index (χ3v) is 13.1. The summed E-state index contributed by atoms with van der Waals surface area (Å²) in [6.07, 6.45) is 54.4. The molecular formula is C54H114N4+4. The standard InChI is InChI=1S/C54H114N4/c1-11-13-15-17-19-21-23-25-27-29-31-33-35-37-39-41-49-57(9,53-45-47-55(3,4)5)51-43-44-52-58(10,54-46-48-56(6,7)8)50-42-40-38-36-34-32-30-28-26-24-22-20-18-16-14-12-2/h25-28H,11-24,29-54H2,1-10H3/q+4. The first-order valence-corrected chi connectivity index (χ1v) is 26.3. The number of allylic oxidation sites excluding steroid dienone is 4. The first kappa shape index (κ1) is 57.3. The topological polar surface area (TPSA) is 0 Å². The van der Waals surface area contributed by atoms with E-state index in [0.29, 0.717) is 0 Å². The van der Waals surface area contributed by atoms with Crippen LogP contribution in [0.25, 0.3) is 0 Å². The van der Waals surface area contributed by atoms with Gasteiger partial charge in [0.1, 0.15) is 0 Å². The second-order valence-electron chi connectivity index (χ2n) is 21.9. The molecule has 0 aromatic heterocycles. The Morgan fingerprint density at radius 3 is 0.690 bits per heavy atom. The Morgan fingerprint density at radius 2 is 0.431 bits per heavy atom. The van der Waals surface area contributed by atoms with Crippen molar-refractivity contribution < 1.29 is 17.9 Å². The van der Waals surface area contributed by atoms with Crippen LogP contribution in [0.3, 0.4) is 0 Å². The van der Waals surface area contributed by atoms with Gasteiger partial charge in [0.15, 0.2) is 0 Å². The molecule has 0 aliphatic heterocycles. The van der Waals surface area contributed by atoms with Crippen LogP contribution < -0.4 is 0 Å². The average molecular weight is 820 g/mol. The molecule has 0 amide bonds. The van der Waals surface area contributed by atoms with E-state index in [-0.39, 0.29) is 0 Å². The molecule has 0 aliphatic rings. The van der Waals surface area contributed by atoms with E-state index < -0.39 is 0 Å². The van der Waals surface area contributed by atoms with E-state index in [2.05, 4.69) is 94.5 Å². The van der Waals surface area contributed by atoms with E-state index in [1.165, 1.54) is 267 Å². The number of nitrogens with zero attached hydrogens (tertiary/aromatic N) is 4. The summed E-state index contributed by atoms with van der Waals surface area (Å²) in [7, 11) is 19.4. The fourth-order valence-corrected chi connectivity index (χ4v) is 8.99. The summed E-state index contributed by atoms with van der Waals surface area (Å²) >= 11 is 0. The molecule has 0 N–H and O–H groups in total. The molecule has 0 aliphatic carbocycles. The first-order chi connectivity index (χ1) is 27.7. The quantitative estimate of drug-likeness (QED) is 0.0326. The summed E-state index contributed by atoms with van der Waals surface area (Å²) in [6.45, 7) is 15.4. The van der Waals surface area contributed by atoms with Gasteiger partial charge in [0, 0.05) is 25.7 Å². The third kappa shape index (κ3) is 42.0. The number of hydrogen-bond acceptors (Lipinski definition) is 0. The molecule has 0 rings (SSSR count). The Hall–Kier alpha value is -0.680. The lowest BCUT2D eigenvalue weighted by molar-refractivity contribution is -0.922. The number of quaternary nitrogens is 4. The van der Waals surface area contributed by atoms with E-state index in [1.807, 2.05) is 0 Å². The van der Waals surface area contributed by atoms with Gasteiger partial charge in [-0.25, -0.2) is 0 Å². The fraction of sp³-hybridized carbons (Fsp3) is 0.926. The van der Waals surface area contributed by atoms with Gasteiger partial charge in [-0.15, -0.1) is 0 Å². The summed E-state index contributed by atoms with van der Waals surface area (Å²) in [5.74, 6) is 0. The van der Waals surface area contributed by atoms with E-state index in [0.717, 1.165) is 8.97 Å². The summed E-state index contributed by atoms with van der Waals surface area (Å²) in [5.41, 5.74) is 0. The van der Waals surface area contributed by atoms with Crippen LogP contribution in [-0.4, -0.2) is 127 Å². The second-order valence-corrected chi connectivity index (χ2v) is 21.9. The predicted octanol–water partition coefficient (Wildman–Crippen LogP) is 14.9. The van der Waals surface area contributed by atoms with Gasteiger partial charge >= 0.3 is 0 Å². The molecule has 2 unspecified atom stereocenters. The predicted molar refractivity (Wildman–Crippen MR) is 265 cm³/mol. The molecule has 0 fully saturated rings. The van der Waals surface area contributed by atoms with Crippen LogP contribution in [0.1, 0.15) is 219 Å². The summed E-state index contributed by atoms with van der Waals surface area (Å²) in [6, 6.07) is 0. The van der Waals surface area contributed by atoms with Crippen molar-refractivity contribution >= 4 is 0 Å². The SMILES string of the molecule is CCCCCCCCC=CCCCCCCCC[N+](C)(CCCC[N+](C)(CCCCCCCCC=CCCCCCCCC)CCC[N+](C)(C)C)CCC[N+](C)(C)C. The molecule has 4 heteroatoms. The number of unbranched alkanes of at least 4 members (excludes halogenated alkanes) is 25. The van der Waals surface area contributed by atoms with Crippen molar-refractivity contribution in [3.63, 3.8) is 0 Å². The molecule has 0 bridgehead atoms. The second kappa shape index (κ2) is 38.0. The van der Waals surface area contributed by atoms with Gasteiger partial charge in [-0.3, -0.25) is 0 Å². The molecule has 0 saturated carbocycles. The molecule has 58 heavy (non-hydrogen) atoms. The lowest BCUT2D eigenvalue weighted by Gasteiger charge is -2.38. The van der Waals surface area contributed by atoms with Crippen molar-refractivity contribution in [1.29, 1.82) is 0 Å². The Labute approximate surface area is 369 Å². The van der Waals surface area contributed by atoms with E-state index in [4.69, 9.17) is 0 Å². The highest BCUT2D eigenvalue weighted by atomic mass is 15.3. The molecular weight excluding hydrogens is 705 g/mol. The Kier molecular flexibility index (Phi) is 37.6. The van der Waals surface area contributed by atoms with Crippen LogP contribution >= 0.6 is 0 Å². The molecule has 2 atom stereocenters. The van der Waals surface area contributed by atoms with Crippen molar-refractivity contribution in [3.05, 3.63) is 24.3 Å². The van der Waals surface area contributed by atoms with E-state index >= 15 is 0 Å². The van der Waals surface area contributed by atoms with Crippen LogP contribution in [-0.2, 0) is 0 Å². The molecule has 0 aromatic carbocycles. The molecule has 346 valence electrons. The Morgan fingerprint density at radius 1 is 0.224 bits per heavy atom. The van der Waals surface area contributed by atoms with Gasteiger partial charge in [0.05, 0.1) is 109 Å². The zero-order valence-corrected chi connectivity index (χ0v) is 42.4. The van der Waals surface area contributed by atoms with Crippen molar-refractivity contribution in [2.24, 2.45) is 0 Å². The summed E-state index contributed by atoms with van der Waals surface area (Å²) < 4.78 is 4.77. The first-order valence-electron chi connectivity index (χ1n) is 26.3. The maximum atomic E-state index is 2.61. The molecule has 4 nitrogen and oxygen atoms in total. The largest absolute Gasteiger partial charge is 0.331 e. The van der Waals surface area contributed by atoms with Gasteiger partial charge in [0.25, 0.3) is 0 Å². The average Bonchev–Trinajstić information content (AvgIpc) is 3.15. The van der Waals surface area contributed by atoms with Crippen LogP contribution in [0, 0.1) is 0 Å². The number of hydrogen-bond donors (Lipinski definition) is 0. The van der Waals surface area contributed by atoms with Crippen LogP contribution in [0.15, 0.2) is 24.3 Å². The highest BCUT2D eigenvalue weighted by Crippen LogP contribution is 2.18. The summed E-state index contributed by atoms with van der Waals surface area (Å²) in [4.78, 5) is 0. The van der Waals surface area contributed by atoms with E-state index in [9.17, 15) is 0 Å². The van der Waals surface area contributed by atoms with E-state index in [1.54, 1.807) is 0 Å². The minimum atomic E-state index is 1.09. The van der Waals surface area contributed by atoms with Crippen molar-refractivity contribution in [1.82, 2.24) is 0 Å². The fourth-order valence-electron chi connectivity index (χ4n) is 8.99. The van der Waals surface area contributed by atoms with Crippen LogP contribution in [0.4, 0.5) is 0 Å². The maximum absolute atomic E-state index is 2.61. The van der Waals surface area contributed by atoms with Gasteiger partial charge in [0.2, 0.25) is 0 Å². The lowest BCUT2D eigenvalue weighted by atomic mass is 10.1. The van der Waals surface area contributed by atoms with Gasteiger partial charge < -0.3 is 17.9 Å². The normalized spacial score (nSPS) is 14.9. The minimum absolute atomic E-state index is 1.09. The molecule has 0 saturated heterocycles. The molecule has 0 aromatic rings. The van der Waals surface area contributed by atoms with Crippen molar-refractivity contribution in [2.45, 2.75) is 219 Å².